The van der Waals surface area contributed by atoms with Gasteiger partial charge in [0.25, 0.3) is 0 Å². The zero-order valence-corrected chi connectivity index (χ0v) is 15.5. The molecule has 0 radical (unpaired) electrons. The summed E-state index contributed by atoms with van der Waals surface area (Å²) in [5.74, 6) is -2.78. The molecule has 2 aliphatic carbocycles. The Bertz CT molecular complexity index is 774. The Morgan fingerprint density at radius 1 is 1.11 bits per heavy atom. The highest BCUT2D eigenvalue weighted by Gasteiger charge is 2.40. The SMILES string of the molecule is N#CC(C(=O)c1ccc(C(F)(F)F)cc1SC1CCCCC1)C(=O)C1CC1. The van der Waals surface area contributed by atoms with E-state index in [0.717, 1.165) is 50.3 Å². The fraction of sp³-hybridized carbons (Fsp3) is 0.550. The number of carbonyl (C=O) groups is 2. The van der Waals surface area contributed by atoms with Crippen molar-refractivity contribution in [3.05, 3.63) is 29.3 Å². The molecule has 0 saturated heterocycles. The third-order valence-corrected chi connectivity index (χ3v) is 6.47. The molecular weight excluding hydrogens is 375 g/mol. The summed E-state index contributed by atoms with van der Waals surface area (Å²) >= 11 is 1.27. The number of nitrogens with zero attached hydrogens (tertiary/aromatic N) is 1. The highest BCUT2D eigenvalue weighted by atomic mass is 32.2. The molecule has 3 rings (SSSR count). The molecule has 2 aliphatic rings. The minimum Gasteiger partial charge on any atom is -0.297 e. The molecule has 0 N–H and O–H groups in total. The van der Waals surface area contributed by atoms with Crippen molar-refractivity contribution in [3.8, 4) is 6.07 Å². The highest BCUT2D eigenvalue weighted by molar-refractivity contribution is 8.00. The van der Waals surface area contributed by atoms with Gasteiger partial charge in [-0.3, -0.25) is 9.59 Å². The predicted octanol–water partition coefficient (Wildman–Crippen LogP) is 5.43. The van der Waals surface area contributed by atoms with Crippen molar-refractivity contribution in [3.63, 3.8) is 0 Å². The van der Waals surface area contributed by atoms with E-state index >= 15 is 0 Å². The third kappa shape index (κ3) is 4.73. The molecule has 27 heavy (non-hydrogen) atoms. The average Bonchev–Trinajstić information content (AvgIpc) is 3.47. The maximum absolute atomic E-state index is 13.1. The van der Waals surface area contributed by atoms with Gasteiger partial charge in [-0.05, 0) is 43.9 Å². The molecule has 0 heterocycles. The maximum atomic E-state index is 13.1. The second-order valence-corrected chi connectivity index (χ2v) is 8.53. The summed E-state index contributed by atoms with van der Waals surface area (Å²) in [5.41, 5.74) is -0.765. The third-order valence-electron chi connectivity index (χ3n) is 5.08. The largest absolute Gasteiger partial charge is 0.416 e. The van der Waals surface area contributed by atoms with Crippen LogP contribution in [-0.4, -0.2) is 16.8 Å². The predicted molar refractivity (Wildman–Crippen MR) is 95.3 cm³/mol. The van der Waals surface area contributed by atoms with E-state index < -0.39 is 29.2 Å². The number of alkyl halides is 3. The van der Waals surface area contributed by atoms with Crippen molar-refractivity contribution >= 4 is 23.3 Å². The highest BCUT2D eigenvalue weighted by Crippen LogP contribution is 2.40. The number of ketones is 2. The molecule has 1 unspecified atom stereocenters. The van der Waals surface area contributed by atoms with Crippen molar-refractivity contribution in [1.29, 1.82) is 5.26 Å². The number of benzene rings is 1. The van der Waals surface area contributed by atoms with Crippen LogP contribution in [0.4, 0.5) is 13.2 Å². The Balaban J connectivity index is 1.93. The van der Waals surface area contributed by atoms with Gasteiger partial charge in [0.2, 0.25) is 0 Å². The minimum absolute atomic E-state index is 0.0547. The first-order valence-corrected chi connectivity index (χ1v) is 10.0. The summed E-state index contributed by atoms with van der Waals surface area (Å²) in [7, 11) is 0. The number of hydrogen-bond acceptors (Lipinski definition) is 4. The Morgan fingerprint density at radius 3 is 2.33 bits per heavy atom. The van der Waals surface area contributed by atoms with Crippen molar-refractivity contribution in [2.75, 3.05) is 0 Å². The Labute approximate surface area is 160 Å². The molecule has 1 aromatic rings. The van der Waals surface area contributed by atoms with E-state index in [1.54, 1.807) is 6.07 Å². The summed E-state index contributed by atoms with van der Waals surface area (Å²) in [5, 5.41) is 9.47. The fourth-order valence-electron chi connectivity index (χ4n) is 3.37. The van der Waals surface area contributed by atoms with Gasteiger partial charge in [-0.25, -0.2) is 0 Å². The summed E-state index contributed by atoms with van der Waals surface area (Å²) in [6.45, 7) is 0. The average molecular weight is 395 g/mol. The molecule has 0 aliphatic heterocycles. The molecule has 0 aromatic heterocycles. The first-order chi connectivity index (χ1) is 12.8. The molecule has 0 amide bonds. The molecule has 3 nitrogen and oxygen atoms in total. The van der Waals surface area contributed by atoms with Crippen molar-refractivity contribution in [1.82, 2.24) is 0 Å². The zero-order chi connectivity index (χ0) is 19.6. The summed E-state index contributed by atoms with van der Waals surface area (Å²) in [6, 6.07) is 4.74. The van der Waals surface area contributed by atoms with Gasteiger partial charge < -0.3 is 0 Å². The number of thioether (sulfide) groups is 1. The molecule has 2 saturated carbocycles. The minimum atomic E-state index is -4.51. The first kappa shape index (κ1) is 19.9. The van der Waals surface area contributed by atoms with E-state index in [1.165, 1.54) is 11.8 Å². The quantitative estimate of drug-likeness (QED) is 0.476. The molecule has 7 heteroatoms. The van der Waals surface area contributed by atoms with Crippen LogP contribution in [0, 0.1) is 23.2 Å². The van der Waals surface area contributed by atoms with Gasteiger partial charge in [-0.2, -0.15) is 18.4 Å². The fourth-order valence-corrected chi connectivity index (χ4v) is 4.79. The van der Waals surface area contributed by atoms with E-state index in [-0.39, 0.29) is 21.6 Å². The van der Waals surface area contributed by atoms with Crippen molar-refractivity contribution < 1.29 is 22.8 Å². The van der Waals surface area contributed by atoms with Crippen LogP contribution in [0.3, 0.4) is 0 Å². The lowest BCUT2D eigenvalue weighted by molar-refractivity contribution is -0.137. The van der Waals surface area contributed by atoms with Gasteiger partial charge in [-0.15, -0.1) is 11.8 Å². The molecule has 1 aromatic carbocycles. The molecule has 0 spiro atoms. The number of nitriles is 1. The van der Waals surface area contributed by atoms with E-state index in [4.69, 9.17) is 0 Å². The van der Waals surface area contributed by atoms with E-state index in [9.17, 15) is 28.0 Å². The normalized spacial score (nSPS) is 19.3. The number of rotatable bonds is 6. The van der Waals surface area contributed by atoms with Gasteiger partial charge >= 0.3 is 6.18 Å². The van der Waals surface area contributed by atoms with Crippen LogP contribution in [0.15, 0.2) is 23.1 Å². The van der Waals surface area contributed by atoms with Crippen LogP contribution < -0.4 is 0 Å². The lowest BCUT2D eigenvalue weighted by Gasteiger charge is -2.23. The number of carbonyl (C=O) groups excluding carboxylic acids is 2. The molecular formula is C20H20F3NO2S. The lowest BCUT2D eigenvalue weighted by Crippen LogP contribution is -2.25. The van der Waals surface area contributed by atoms with E-state index in [1.807, 2.05) is 0 Å². The van der Waals surface area contributed by atoms with Crippen LogP contribution in [-0.2, 0) is 11.0 Å². The van der Waals surface area contributed by atoms with Crippen molar-refractivity contribution in [2.24, 2.45) is 11.8 Å². The Morgan fingerprint density at radius 2 is 1.78 bits per heavy atom. The lowest BCUT2D eigenvalue weighted by atomic mass is 9.92. The number of hydrogen-bond donors (Lipinski definition) is 0. The van der Waals surface area contributed by atoms with Gasteiger partial charge in [0.15, 0.2) is 17.5 Å². The second-order valence-electron chi connectivity index (χ2n) is 7.19. The zero-order valence-electron chi connectivity index (χ0n) is 14.7. The van der Waals surface area contributed by atoms with Gasteiger partial charge in [0, 0.05) is 21.6 Å². The molecule has 144 valence electrons. The standard InChI is InChI=1S/C20H20F3NO2S/c21-20(22,23)13-8-9-15(17(10-13)27-14-4-2-1-3-5-14)19(26)16(11-24)18(25)12-6-7-12/h8-10,12,14,16H,1-7H2. The van der Waals surface area contributed by atoms with E-state index in [2.05, 4.69) is 0 Å². The van der Waals surface area contributed by atoms with E-state index in [0.29, 0.717) is 12.8 Å². The van der Waals surface area contributed by atoms with Gasteiger partial charge in [-0.1, -0.05) is 19.3 Å². The van der Waals surface area contributed by atoms with Crippen LogP contribution in [0.25, 0.3) is 0 Å². The molecule has 0 bridgehead atoms. The molecule has 1 atom stereocenters. The summed E-state index contributed by atoms with van der Waals surface area (Å²) in [6.07, 6.45) is 1.73. The van der Waals surface area contributed by atoms with Crippen LogP contribution in [0.1, 0.15) is 60.9 Å². The van der Waals surface area contributed by atoms with Gasteiger partial charge in [0.1, 0.15) is 0 Å². The topological polar surface area (TPSA) is 57.9 Å². The van der Waals surface area contributed by atoms with Crippen molar-refractivity contribution in [2.45, 2.75) is 61.3 Å². The Kier molecular flexibility index (Phi) is 5.95. The smallest absolute Gasteiger partial charge is 0.297 e. The molecule has 2 fully saturated rings. The first-order valence-electron chi connectivity index (χ1n) is 9.16. The second kappa shape index (κ2) is 8.05. The maximum Gasteiger partial charge on any atom is 0.416 e. The van der Waals surface area contributed by atoms with Crippen LogP contribution in [0.2, 0.25) is 0 Å². The summed E-state index contributed by atoms with van der Waals surface area (Å²) in [4.78, 5) is 25.3. The Hall–Kier alpha value is -1.81. The number of halogens is 3. The number of Topliss-reactive ketones (excluding diaryl/α,β-unsaturated/α-hetero) is 2. The van der Waals surface area contributed by atoms with Gasteiger partial charge in [0.05, 0.1) is 11.6 Å². The summed E-state index contributed by atoms with van der Waals surface area (Å²) < 4.78 is 39.4. The van der Waals surface area contributed by atoms with Crippen LogP contribution in [0.5, 0.6) is 0 Å². The van der Waals surface area contributed by atoms with Crippen LogP contribution >= 0.6 is 11.8 Å². The monoisotopic (exact) mass is 395 g/mol.